The van der Waals surface area contributed by atoms with Crippen LogP contribution in [-0.4, -0.2) is 34.4 Å². The third-order valence-electron chi connectivity index (χ3n) is 5.62. The maximum atomic E-state index is 12.6. The minimum Gasteiger partial charge on any atom is -0.496 e. The predicted octanol–water partition coefficient (Wildman–Crippen LogP) is 4.43. The Hall–Kier alpha value is -4.66. The first kappa shape index (κ1) is 25.4. The van der Waals surface area contributed by atoms with Crippen LogP contribution >= 0.6 is 0 Å². The molecule has 0 saturated carbocycles. The number of nitrogens with zero attached hydrogens (tertiary/aromatic N) is 2. The summed E-state index contributed by atoms with van der Waals surface area (Å²) in [5, 5.41) is 8.78. The zero-order valence-electron chi connectivity index (χ0n) is 20.9. The van der Waals surface area contributed by atoms with Crippen LogP contribution in [0.5, 0.6) is 5.75 Å². The van der Waals surface area contributed by atoms with Gasteiger partial charge in [0.2, 0.25) is 0 Å². The van der Waals surface area contributed by atoms with Crippen LogP contribution < -0.4 is 20.7 Å². The van der Waals surface area contributed by atoms with E-state index in [1.807, 2.05) is 56.3 Å². The van der Waals surface area contributed by atoms with Crippen molar-refractivity contribution < 1.29 is 18.7 Å². The lowest BCUT2D eigenvalue weighted by Gasteiger charge is -2.26. The van der Waals surface area contributed by atoms with Crippen LogP contribution in [0.1, 0.15) is 25.1 Å². The molecule has 0 aliphatic carbocycles. The van der Waals surface area contributed by atoms with Gasteiger partial charge in [0.1, 0.15) is 5.75 Å². The molecule has 0 fully saturated rings. The summed E-state index contributed by atoms with van der Waals surface area (Å²) >= 11 is 0. The van der Waals surface area contributed by atoms with Gasteiger partial charge < -0.3 is 25.1 Å². The van der Waals surface area contributed by atoms with E-state index >= 15 is 0 Å². The van der Waals surface area contributed by atoms with Crippen LogP contribution in [-0.2, 0) is 22.6 Å². The molecule has 0 radical (unpaired) electrons. The molecule has 37 heavy (non-hydrogen) atoms. The number of ether oxygens (including phenoxy) is 1. The van der Waals surface area contributed by atoms with Gasteiger partial charge in [-0.25, -0.2) is 4.98 Å². The number of hydrogen-bond acceptors (Lipinski definition) is 7. The number of methoxy groups -OCH3 is 1. The van der Waals surface area contributed by atoms with E-state index in [4.69, 9.17) is 9.15 Å². The molecule has 2 aromatic carbocycles. The summed E-state index contributed by atoms with van der Waals surface area (Å²) in [6.45, 7) is 4.38. The first-order valence-corrected chi connectivity index (χ1v) is 11.8. The molecule has 0 bridgehead atoms. The first-order chi connectivity index (χ1) is 17.8. The highest BCUT2D eigenvalue weighted by atomic mass is 16.5. The lowest BCUT2D eigenvalue weighted by atomic mass is 9.94. The van der Waals surface area contributed by atoms with Gasteiger partial charge >= 0.3 is 11.8 Å². The first-order valence-electron chi connectivity index (χ1n) is 11.8. The van der Waals surface area contributed by atoms with Crippen LogP contribution in [0.2, 0.25) is 0 Å². The SMILES string of the molecule is COc1cc(NC(=O)C(=O)NC(C)(C)Cc2ccc(NCc3ccccn3)cc2)ccc1-c1cnco1. The average Bonchev–Trinajstić information content (AvgIpc) is 3.43. The van der Waals surface area contributed by atoms with Crippen LogP contribution in [0.25, 0.3) is 11.3 Å². The molecule has 0 spiro atoms. The van der Waals surface area contributed by atoms with Crippen LogP contribution in [0, 0.1) is 0 Å². The van der Waals surface area contributed by atoms with E-state index in [1.54, 1.807) is 30.6 Å². The number of carbonyl (C=O) groups is 2. The molecule has 0 aliphatic rings. The maximum Gasteiger partial charge on any atom is 0.313 e. The number of pyridine rings is 1. The fourth-order valence-corrected chi connectivity index (χ4v) is 3.86. The summed E-state index contributed by atoms with van der Waals surface area (Å²) in [7, 11) is 1.51. The highest BCUT2D eigenvalue weighted by molar-refractivity contribution is 6.39. The Morgan fingerprint density at radius 1 is 1.00 bits per heavy atom. The maximum absolute atomic E-state index is 12.6. The highest BCUT2D eigenvalue weighted by Crippen LogP contribution is 2.32. The van der Waals surface area contributed by atoms with Gasteiger partial charge in [-0.05, 0) is 62.2 Å². The molecule has 0 unspecified atom stereocenters. The van der Waals surface area contributed by atoms with Crippen molar-refractivity contribution in [2.24, 2.45) is 0 Å². The summed E-state index contributed by atoms with van der Waals surface area (Å²) in [6, 6.07) is 18.8. The summed E-state index contributed by atoms with van der Waals surface area (Å²) in [5.74, 6) is -0.479. The molecule has 4 aromatic rings. The van der Waals surface area contributed by atoms with Crippen LogP contribution in [0.3, 0.4) is 0 Å². The molecular formula is C28H29N5O4. The Labute approximate surface area is 215 Å². The third-order valence-corrected chi connectivity index (χ3v) is 5.62. The van der Waals surface area contributed by atoms with E-state index in [2.05, 4.69) is 25.9 Å². The molecule has 9 heteroatoms. The minimum atomic E-state index is -0.767. The summed E-state index contributed by atoms with van der Waals surface area (Å²) in [5.41, 5.74) is 3.42. The van der Waals surface area contributed by atoms with Crippen molar-refractivity contribution in [3.63, 3.8) is 0 Å². The fourth-order valence-electron chi connectivity index (χ4n) is 3.86. The third kappa shape index (κ3) is 6.94. The molecule has 9 nitrogen and oxygen atoms in total. The zero-order chi connectivity index (χ0) is 26.3. The molecule has 0 atom stereocenters. The smallest absolute Gasteiger partial charge is 0.313 e. The lowest BCUT2D eigenvalue weighted by molar-refractivity contribution is -0.137. The zero-order valence-corrected chi connectivity index (χ0v) is 20.9. The van der Waals surface area contributed by atoms with Crippen molar-refractivity contribution in [2.75, 3.05) is 17.7 Å². The van der Waals surface area contributed by atoms with E-state index in [0.29, 0.717) is 35.7 Å². The topological polar surface area (TPSA) is 118 Å². The van der Waals surface area contributed by atoms with Crippen LogP contribution in [0.4, 0.5) is 11.4 Å². The number of hydrogen-bond donors (Lipinski definition) is 3. The van der Waals surface area contributed by atoms with Gasteiger partial charge in [0.15, 0.2) is 12.2 Å². The molecule has 2 amide bonds. The molecule has 2 aromatic heterocycles. The molecule has 190 valence electrons. The number of amides is 2. The van der Waals surface area contributed by atoms with Gasteiger partial charge in [0.05, 0.1) is 31.1 Å². The van der Waals surface area contributed by atoms with Crippen molar-refractivity contribution >= 4 is 23.2 Å². The van der Waals surface area contributed by atoms with E-state index in [-0.39, 0.29) is 0 Å². The number of rotatable bonds is 9. The Bertz CT molecular complexity index is 1340. The number of aromatic nitrogens is 2. The minimum absolute atomic E-state index is 0.423. The largest absolute Gasteiger partial charge is 0.496 e. The molecule has 0 saturated heterocycles. The summed E-state index contributed by atoms with van der Waals surface area (Å²) in [6.07, 6.45) is 5.21. The van der Waals surface area contributed by atoms with Crippen molar-refractivity contribution in [3.8, 4) is 17.1 Å². The molecule has 2 heterocycles. The van der Waals surface area contributed by atoms with Crippen LogP contribution in [0.15, 0.2) is 83.9 Å². The van der Waals surface area contributed by atoms with Gasteiger partial charge in [-0.15, -0.1) is 0 Å². The van der Waals surface area contributed by atoms with E-state index in [9.17, 15) is 9.59 Å². The Balaban J connectivity index is 1.31. The molecule has 3 N–H and O–H groups in total. The quantitative estimate of drug-likeness (QED) is 0.292. The fraction of sp³-hybridized carbons (Fsp3) is 0.214. The number of nitrogens with one attached hydrogen (secondary N) is 3. The van der Waals surface area contributed by atoms with Crippen molar-refractivity contribution in [3.05, 3.63) is 90.7 Å². The van der Waals surface area contributed by atoms with Gasteiger partial charge in [0.25, 0.3) is 0 Å². The molecule has 0 aliphatic heterocycles. The lowest BCUT2D eigenvalue weighted by Crippen LogP contribution is -2.49. The van der Waals surface area contributed by atoms with E-state index in [1.165, 1.54) is 13.5 Å². The second kappa shape index (κ2) is 11.4. The standard InChI is InChI=1S/C28H29N5O4/c1-28(2,15-19-7-9-20(10-8-19)31-16-22-6-4-5-13-30-22)33-27(35)26(34)32-21-11-12-23(24(14-21)36-3)25-17-29-18-37-25/h4-14,17-18,31H,15-16H2,1-3H3,(H,32,34)(H,33,35). The second-order valence-corrected chi connectivity index (χ2v) is 9.12. The molecular weight excluding hydrogens is 470 g/mol. The predicted molar refractivity (Wildman–Crippen MR) is 141 cm³/mol. The number of oxazole rings is 1. The Morgan fingerprint density at radius 2 is 1.78 bits per heavy atom. The Morgan fingerprint density at radius 3 is 2.46 bits per heavy atom. The Kier molecular flexibility index (Phi) is 7.83. The van der Waals surface area contributed by atoms with Crippen molar-refractivity contribution in [1.29, 1.82) is 0 Å². The second-order valence-electron chi connectivity index (χ2n) is 9.12. The monoisotopic (exact) mass is 499 g/mol. The number of anilines is 2. The van der Waals surface area contributed by atoms with Gasteiger partial charge in [-0.1, -0.05) is 18.2 Å². The number of carbonyl (C=O) groups excluding carboxylic acids is 2. The van der Waals surface area contributed by atoms with Crippen molar-refractivity contribution in [1.82, 2.24) is 15.3 Å². The summed E-state index contributed by atoms with van der Waals surface area (Å²) < 4.78 is 10.7. The molecule has 4 rings (SSSR count). The van der Waals surface area contributed by atoms with Gasteiger partial charge in [-0.3, -0.25) is 14.6 Å². The van der Waals surface area contributed by atoms with Crippen molar-refractivity contribution in [2.45, 2.75) is 32.4 Å². The average molecular weight is 500 g/mol. The van der Waals surface area contributed by atoms with Gasteiger partial charge in [0, 0.05) is 29.2 Å². The van der Waals surface area contributed by atoms with E-state index < -0.39 is 17.4 Å². The summed E-state index contributed by atoms with van der Waals surface area (Å²) in [4.78, 5) is 33.4. The van der Waals surface area contributed by atoms with E-state index in [0.717, 1.165) is 16.9 Å². The van der Waals surface area contributed by atoms with Gasteiger partial charge in [-0.2, -0.15) is 0 Å². The normalized spacial score (nSPS) is 11.0. The highest BCUT2D eigenvalue weighted by Gasteiger charge is 2.25. The number of benzene rings is 2.